The Kier molecular flexibility index (Phi) is 5.23. The van der Waals surface area contributed by atoms with Gasteiger partial charge in [0.05, 0.1) is 6.04 Å². The van der Waals surface area contributed by atoms with Crippen LogP contribution in [0, 0.1) is 0 Å². The van der Waals surface area contributed by atoms with Crippen LogP contribution in [-0.4, -0.2) is 37.0 Å². The lowest BCUT2D eigenvalue weighted by molar-refractivity contribution is -0.126. The van der Waals surface area contributed by atoms with Gasteiger partial charge in [-0.3, -0.25) is 9.69 Å². The molecule has 1 atom stereocenters. The van der Waals surface area contributed by atoms with E-state index >= 15 is 0 Å². The van der Waals surface area contributed by atoms with Gasteiger partial charge < -0.3 is 5.32 Å². The van der Waals surface area contributed by atoms with Crippen LogP contribution >= 0.6 is 11.6 Å². The molecule has 0 bridgehead atoms. The number of carbonyl (C=O) groups is 1. The molecule has 1 saturated heterocycles. The number of hydrogen-bond acceptors (Lipinski definition) is 2. The molecule has 1 aliphatic rings. The number of likely N-dealkylation sites (tertiary alicyclic amines) is 1. The van der Waals surface area contributed by atoms with Crippen molar-refractivity contribution in [1.29, 1.82) is 0 Å². The fraction of sp³-hybridized carbons (Fsp3) is 0.533. The highest BCUT2D eigenvalue weighted by Crippen LogP contribution is 2.15. The van der Waals surface area contributed by atoms with E-state index < -0.39 is 0 Å². The van der Waals surface area contributed by atoms with Crippen molar-refractivity contribution >= 4 is 17.5 Å². The second kappa shape index (κ2) is 6.92. The Morgan fingerprint density at radius 1 is 1.47 bits per heavy atom. The van der Waals surface area contributed by atoms with Gasteiger partial charge in [-0.1, -0.05) is 30.2 Å². The average Bonchev–Trinajstić information content (AvgIpc) is 2.39. The summed E-state index contributed by atoms with van der Waals surface area (Å²) in [5, 5.41) is 3.77. The molecule has 4 heteroatoms. The van der Waals surface area contributed by atoms with Crippen LogP contribution in [0.3, 0.4) is 0 Å². The smallest absolute Gasteiger partial charge is 0.237 e. The summed E-state index contributed by atoms with van der Waals surface area (Å²) >= 11 is 5.93. The summed E-state index contributed by atoms with van der Waals surface area (Å²) in [6, 6.07) is 7.83. The van der Waals surface area contributed by atoms with Crippen molar-refractivity contribution < 1.29 is 4.79 Å². The second-order valence-corrected chi connectivity index (χ2v) is 5.60. The molecular weight excluding hydrogens is 260 g/mol. The predicted molar refractivity (Wildman–Crippen MR) is 78.4 cm³/mol. The number of carbonyl (C=O) groups excluding carboxylic acids is 1. The largest absolute Gasteiger partial charge is 0.354 e. The van der Waals surface area contributed by atoms with E-state index in [0.717, 1.165) is 36.4 Å². The first-order valence-corrected chi connectivity index (χ1v) is 7.27. The Balaban J connectivity index is 1.77. The zero-order valence-corrected chi connectivity index (χ0v) is 12.1. The fourth-order valence-corrected chi connectivity index (χ4v) is 2.76. The van der Waals surface area contributed by atoms with Crippen molar-refractivity contribution in [2.24, 2.45) is 0 Å². The summed E-state index contributed by atoms with van der Waals surface area (Å²) in [6.07, 6.45) is 4.14. The van der Waals surface area contributed by atoms with Gasteiger partial charge in [0.15, 0.2) is 0 Å². The number of halogens is 1. The normalized spacial score (nSPS) is 20.2. The number of nitrogens with one attached hydrogen (secondary N) is 1. The molecule has 1 aromatic carbocycles. The molecule has 104 valence electrons. The summed E-state index contributed by atoms with van der Waals surface area (Å²) < 4.78 is 0. The molecule has 1 fully saturated rings. The Morgan fingerprint density at radius 2 is 2.32 bits per heavy atom. The maximum absolute atomic E-state index is 12.1. The number of likely N-dealkylation sites (N-methyl/N-ethyl adjacent to an activating group) is 1. The van der Waals surface area contributed by atoms with Gasteiger partial charge in [0.25, 0.3) is 0 Å². The van der Waals surface area contributed by atoms with E-state index in [2.05, 4.69) is 10.2 Å². The summed E-state index contributed by atoms with van der Waals surface area (Å²) in [4.78, 5) is 14.2. The molecule has 1 aliphatic heterocycles. The van der Waals surface area contributed by atoms with Crippen molar-refractivity contribution in [2.75, 3.05) is 20.1 Å². The van der Waals surface area contributed by atoms with E-state index in [-0.39, 0.29) is 11.9 Å². The minimum Gasteiger partial charge on any atom is -0.354 e. The number of piperidine rings is 1. The highest BCUT2D eigenvalue weighted by Gasteiger charge is 2.25. The van der Waals surface area contributed by atoms with E-state index in [9.17, 15) is 4.79 Å². The SMILES string of the molecule is CN1CCCC[C@H]1C(=O)NCCc1cccc(Cl)c1. The van der Waals surface area contributed by atoms with Crippen molar-refractivity contribution in [2.45, 2.75) is 31.7 Å². The monoisotopic (exact) mass is 280 g/mol. The number of benzene rings is 1. The molecule has 1 aromatic rings. The van der Waals surface area contributed by atoms with Gasteiger partial charge in [0, 0.05) is 11.6 Å². The minimum absolute atomic E-state index is 0.0492. The molecule has 19 heavy (non-hydrogen) atoms. The van der Waals surface area contributed by atoms with Crippen molar-refractivity contribution in [3.63, 3.8) is 0 Å². The molecule has 1 amide bonds. The van der Waals surface area contributed by atoms with E-state index in [1.165, 1.54) is 6.42 Å². The van der Waals surface area contributed by atoms with Gasteiger partial charge >= 0.3 is 0 Å². The van der Waals surface area contributed by atoms with Crippen LogP contribution < -0.4 is 5.32 Å². The molecular formula is C15H21ClN2O. The lowest BCUT2D eigenvalue weighted by atomic mass is 10.0. The molecule has 0 aromatic heterocycles. The Morgan fingerprint density at radius 3 is 3.05 bits per heavy atom. The maximum atomic E-state index is 12.1. The summed E-state index contributed by atoms with van der Waals surface area (Å²) in [5.74, 6) is 0.157. The third kappa shape index (κ3) is 4.22. The van der Waals surface area contributed by atoms with Gasteiger partial charge in [-0.2, -0.15) is 0 Å². The maximum Gasteiger partial charge on any atom is 0.237 e. The first-order valence-electron chi connectivity index (χ1n) is 6.89. The van der Waals surface area contributed by atoms with E-state index in [1.54, 1.807) is 0 Å². The number of amides is 1. The minimum atomic E-state index is 0.0492. The van der Waals surface area contributed by atoms with Gasteiger partial charge in [-0.15, -0.1) is 0 Å². The number of nitrogens with zero attached hydrogens (tertiary/aromatic N) is 1. The molecule has 1 heterocycles. The zero-order valence-electron chi connectivity index (χ0n) is 11.4. The first-order chi connectivity index (χ1) is 9.16. The fourth-order valence-electron chi connectivity index (χ4n) is 2.55. The third-order valence-electron chi connectivity index (χ3n) is 3.68. The Bertz CT molecular complexity index is 436. The summed E-state index contributed by atoms with van der Waals surface area (Å²) in [6.45, 7) is 1.69. The molecule has 0 aliphatic carbocycles. The molecule has 3 nitrogen and oxygen atoms in total. The lowest BCUT2D eigenvalue weighted by Gasteiger charge is -2.31. The van der Waals surface area contributed by atoms with Crippen LogP contribution in [0.2, 0.25) is 5.02 Å². The van der Waals surface area contributed by atoms with Gasteiger partial charge in [0.1, 0.15) is 0 Å². The van der Waals surface area contributed by atoms with Crippen LogP contribution in [0.4, 0.5) is 0 Å². The lowest BCUT2D eigenvalue weighted by Crippen LogP contribution is -2.47. The molecule has 2 rings (SSSR count). The van der Waals surface area contributed by atoms with Crippen molar-refractivity contribution in [3.05, 3.63) is 34.9 Å². The van der Waals surface area contributed by atoms with Crippen LogP contribution in [0.1, 0.15) is 24.8 Å². The predicted octanol–water partition coefficient (Wildman–Crippen LogP) is 2.48. The Labute approximate surface area is 119 Å². The number of rotatable bonds is 4. The first kappa shape index (κ1) is 14.4. The number of hydrogen-bond donors (Lipinski definition) is 1. The average molecular weight is 281 g/mol. The van der Waals surface area contributed by atoms with Crippen LogP contribution in [0.15, 0.2) is 24.3 Å². The van der Waals surface area contributed by atoms with E-state index in [0.29, 0.717) is 6.54 Å². The van der Waals surface area contributed by atoms with Crippen molar-refractivity contribution in [3.8, 4) is 0 Å². The highest BCUT2D eigenvalue weighted by atomic mass is 35.5. The molecule has 1 N–H and O–H groups in total. The quantitative estimate of drug-likeness (QED) is 0.919. The van der Waals surface area contributed by atoms with Crippen LogP contribution in [-0.2, 0) is 11.2 Å². The highest BCUT2D eigenvalue weighted by molar-refractivity contribution is 6.30. The van der Waals surface area contributed by atoms with Gasteiger partial charge in [-0.25, -0.2) is 0 Å². The third-order valence-corrected chi connectivity index (χ3v) is 3.91. The van der Waals surface area contributed by atoms with Crippen LogP contribution in [0.25, 0.3) is 0 Å². The summed E-state index contributed by atoms with van der Waals surface area (Å²) in [5.41, 5.74) is 1.16. The van der Waals surface area contributed by atoms with E-state index in [4.69, 9.17) is 11.6 Å². The standard InChI is InChI=1S/C15H21ClN2O/c1-18-10-3-2-7-14(18)15(19)17-9-8-12-5-4-6-13(16)11-12/h4-6,11,14H,2-3,7-10H2,1H3,(H,17,19)/t14-/m0/s1. The summed E-state index contributed by atoms with van der Waals surface area (Å²) in [7, 11) is 2.03. The second-order valence-electron chi connectivity index (χ2n) is 5.16. The van der Waals surface area contributed by atoms with Gasteiger partial charge in [-0.05, 0) is 50.6 Å². The topological polar surface area (TPSA) is 32.3 Å². The molecule has 0 spiro atoms. The molecule has 0 saturated carbocycles. The zero-order chi connectivity index (χ0) is 13.7. The van der Waals surface area contributed by atoms with Crippen LogP contribution in [0.5, 0.6) is 0 Å². The van der Waals surface area contributed by atoms with E-state index in [1.807, 2.05) is 31.3 Å². The molecule has 0 unspecified atom stereocenters. The molecule has 0 radical (unpaired) electrons. The van der Waals surface area contributed by atoms with Gasteiger partial charge in [0.2, 0.25) is 5.91 Å². The van der Waals surface area contributed by atoms with Crippen molar-refractivity contribution in [1.82, 2.24) is 10.2 Å². The Hall–Kier alpha value is -1.06.